The molecule has 0 saturated heterocycles. The Labute approximate surface area is 115 Å². The Morgan fingerprint density at radius 2 is 2.11 bits per heavy atom. The Morgan fingerprint density at radius 3 is 2.89 bits per heavy atom. The van der Waals surface area contributed by atoms with Crippen molar-refractivity contribution in [1.29, 1.82) is 0 Å². The smallest absolute Gasteiger partial charge is 0.103 e. The van der Waals surface area contributed by atoms with Crippen molar-refractivity contribution in [2.45, 2.75) is 25.4 Å². The van der Waals surface area contributed by atoms with E-state index in [1.165, 1.54) is 4.70 Å². The first kappa shape index (κ1) is 12.4. The Balaban J connectivity index is 1.60. The summed E-state index contributed by atoms with van der Waals surface area (Å²) in [5, 5.41) is 11.0. The van der Waals surface area contributed by atoms with Crippen molar-refractivity contribution in [3.8, 4) is 0 Å². The standard InChI is InChI=1S/C15H15NO2S/c17-11(7-8-12-4-3-9-18-12)10-15-16-13-5-1-2-6-14(13)19-15/h1-6,9,11,17H,7-8,10H2. The van der Waals surface area contributed by atoms with Crippen LogP contribution in [-0.2, 0) is 12.8 Å². The lowest BCUT2D eigenvalue weighted by atomic mass is 10.1. The van der Waals surface area contributed by atoms with Crippen molar-refractivity contribution in [3.05, 3.63) is 53.4 Å². The van der Waals surface area contributed by atoms with Gasteiger partial charge in [-0.05, 0) is 30.7 Å². The Kier molecular flexibility index (Phi) is 3.62. The number of fused-ring (bicyclic) bond motifs is 1. The van der Waals surface area contributed by atoms with Crippen LogP contribution in [0.5, 0.6) is 0 Å². The van der Waals surface area contributed by atoms with Crippen molar-refractivity contribution >= 4 is 21.6 Å². The molecule has 0 saturated carbocycles. The van der Waals surface area contributed by atoms with Crippen LogP contribution in [0.15, 0.2) is 47.1 Å². The van der Waals surface area contributed by atoms with Crippen molar-refractivity contribution in [3.63, 3.8) is 0 Å². The Hall–Kier alpha value is -1.65. The van der Waals surface area contributed by atoms with Gasteiger partial charge in [-0.15, -0.1) is 11.3 Å². The lowest BCUT2D eigenvalue weighted by Crippen LogP contribution is -2.11. The second kappa shape index (κ2) is 5.55. The molecular formula is C15H15NO2S. The lowest BCUT2D eigenvalue weighted by Gasteiger charge is -2.06. The van der Waals surface area contributed by atoms with Gasteiger partial charge in [0.1, 0.15) is 5.76 Å². The van der Waals surface area contributed by atoms with Gasteiger partial charge in [-0.25, -0.2) is 4.98 Å². The number of para-hydroxylation sites is 1. The number of aryl methyl sites for hydroxylation is 1. The van der Waals surface area contributed by atoms with E-state index in [0.717, 1.165) is 22.7 Å². The van der Waals surface area contributed by atoms with E-state index < -0.39 is 0 Å². The first-order chi connectivity index (χ1) is 9.31. The summed E-state index contributed by atoms with van der Waals surface area (Å²) in [7, 11) is 0. The van der Waals surface area contributed by atoms with E-state index in [9.17, 15) is 5.11 Å². The highest BCUT2D eigenvalue weighted by Gasteiger charge is 2.10. The topological polar surface area (TPSA) is 46.3 Å². The number of benzene rings is 1. The van der Waals surface area contributed by atoms with E-state index >= 15 is 0 Å². The molecule has 3 rings (SSSR count). The summed E-state index contributed by atoms with van der Waals surface area (Å²) in [5.74, 6) is 0.920. The summed E-state index contributed by atoms with van der Waals surface area (Å²) >= 11 is 1.65. The van der Waals surface area contributed by atoms with Crippen molar-refractivity contribution in [2.24, 2.45) is 0 Å². The molecule has 98 valence electrons. The zero-order chi connectivity index (χ0) is 13.1. The van der Waals surface area contributed by atoms with Gasteiger partial charge in [0.05, 0.1) is 27.6 Å². The van der Waals surface area contributed by atoms with Crippen LogP contribution in [0.25, 0.3) is 10.2 Å². The van der Waals surface area contributed by atoms with Crippen LogP contribution in [0.3, 0.4) is 0 Å². The van der Waals surface area contributed by atoms with Crippen LogP contribution in [-0.4, -0.2) is 16.2 Å². The zero-order valence-electron chi connectivity index (χ0n) is 10.5. The fraction of sp³-hybridized carbons (Fsp3) is 0.267. The normalized spacial score (nSPS) is 12.9. The summed E-state index contributed by atoms with van der Waals surface area (Å²) in [5.41, 5.74) is 1.01. The van der Waals surface area contributed by atoms with Gasteiger partial charge in [-0.1, -0.05) is 12.1 Å². The van der Waals surface area contributed by atoms with E-state index in [-0.39, 0.29) is 6.10 Å². The molecule has 2 aromatic heterocycles. The molecule has 0 aliphatic carbocycles. The molecular weight excluding hydrogens is 258 g/mol. The molecule has 1 unspecified atom stereocenters. The molecule has 0 aliphatic rings. The predicted octanol–water partition coefficient (Wildman–Crippen LogP) is 3.43. The summed E-state index contributed by atoms with van der Waals surface area (Å²) in [6.45, 7) is 0. The number of thiazole rings is 1. The first-order valence-electron chi connectivity index (χ1n) is 6.36. The summed E-state index contributed by atoms with van der Waals surface area (Å²) in [6, 6.07) is 11.9. The predicted molar refractivity (Wildman–Crippen MR) is 76.4 cm³/mol. The van der Waals surface area contributed by atoms with Crippen molar-refractivity contribution in [2.75, 3.05) is 0 Å². The maximum Gasteiger partial charge on any atom is 0.103 e. The zero-order valence-corrected chi connectivity index (χ0v) is 11.3. The molecule has 0 fully saturated rings. The number of hydrogen-bond donors (Lipinski definition) is 1. The van der Waals surface area contributed by atoms with Gasteiger partial charge in [0, 0.05) is 12.8 Å². The lowest BCUT2D eigenvalue weighted by molar-refractivity contribution is 0.163. The quantitative estimate of drug-likeness (QED) is 0.774. The SMILES string of the molecule is OC(CCc1ccco1)Cc1nc2ccccc2s1. The molecule has 0 spiro atoms. The molecule has 3 nitrogen and oxygen atoms in total. The fourth-order valence-electron chi connectivity index (χ4n) is 2.07. The third kappa shape index (κ3) is 3.03. The van der Waals surface area contributed by atoms with E-state index in [0.29, 0.717) is 12.8 Å². The fourth-order valence-corrected chi connectivity index (χ4v) is 3.11. The van der Waals surface area contributed by atoms with Crippen molar-refractivity contribution in [1.82, 2.24) is 4.98 Å². The minimum absolute atomic E-state index is 0.370. The Morgan fingerprint density at radius 1 is 1.21 bits per heavy atom. The number of furan rings is 1. The maximum absolute atomic E-state index is 10.1. The molecule has 4 heteroatoms. The van der Waals surface area contributed by atoms with Crippen molar-refractivity contribution < 1.29 is 9.52 Å². The monoisotopic (exact) mass is 273 g/mol. The highest BCUT2D eigenvalue weighted by Crippen LogP contribution is 2.23. The van der Waals surface area contributed by atoms with Gasteiger partial charge in [-0.3, -0.25) is 0 Å². The number of nitrogens with zero attached hydrogens (tertiary/aromatic N) is 1. The molecule has 19 heavy (non-hydrogen) atoms. The molecule has 0 radical (unpaired) electrons. The summed E-state index contributed by atoms with van der Waals surface area (Å²) in [4.78, 5) is 4.53. The van der Waals surface area contributed by atoms with Crippen LogP contribution in [0, 0.1) is 0 Å². The summed E-state index contributed by atoms with van der Waals surface area (Å²) < 4.78 is 6.43. The van der Waals surface area contributed by atoms with E-state index in [1.807, 2.05) is 30.3 Å². The highest BCUT2D eigenvalue weighted by atomic mass is 32.1. The molecule has 3 aromatic rings. The average molecular weight is 273 g/mol. The molecule has 0 amide bonds. The number of aromatic nitrogens is 1. The highest BCUT2D eigenvalue weighted by molar-refractivity contribution is 7.18. The molecule has 0 aliphatic heterocycles. The average Bonchev–Trinajstić information content (AvgIpc) is 3.04. The maximum atomic E-state index is 10.1. The van der Waals surface area contributed by atoms with Gasteiger partial charge in [0.25, 0.3) is 0 Å². The molecule has 1 atom stereocenters. The first-order valence-corrected chi connectivity index (χ1v) is 7.18. The number of aliphatic hydroxyl groups excluding tert-OH is 1. The third-order valence-corrected chi connectivity index (χ3v) is 4.11. The van der Waals surface area contributed by atoms with Gasteiger partial charge < -0.3 is 9.52 Å². The van der Waals surface area contributed by atoms with Gasteiger partial charge >= 0.3 is 0 Å². The minimum atomic E-state index is -0.370. The minimum Gasteiger partial charge on any atom is -0.469 e. The van der Waals surface area contributed by atoms with E-state index in [4.69, 9.17) is 4.42 Å². The molecule has 1 N–H and O–H groups in total. The second-order valence-corrected chi connectivity index (χ2v) is 5.67. The number of aliphatic hydroxyl groups is 1. The van der Waals surface area contributed by atoms with Crippen LogP contribution in [0.4, 0.5) is 0 Å². The van der Waals surface area contributed by atoms with Gasteiger partial charge in [-0.2, -0.15) is 0 Å². The third-order valence-electron chi connectivity index (χ3n) is 3.05. The second-order valence-electron chi connectivity index (χ2n) is 4.55. The van der Waals surface area contributed by atoms with Crippen LogP contribution in [0.2, 0.25) is 0 Å². The molecule has 0 bridgehead atoms. The number of hydrogen-bond acceptors (Lipinski definition) is 4. The van der Waals surface area contributed by atoms with Crippen LogP contribution >= 0.6 is 11.3 Å². The summed E-state index contributed by atoms with van der Waals surface area (Å²) in [6.07, 6.45) is 3.36. The largest absolute Gasteiger partial charge is 0.469 e. The van der Waals surface area contributed by atoms with Gasteiger partial charge in [0.15, 0.2) is 0 Å². The van der Waals surface area contributed by atoms with Crippen LogP contribution < -0.4 is 0 Å². The van der Waals surface area contributed by atoms with E-state index in [2.05, 4.69) is 11.1 Å². The molecule has 1 aromatic carbocycles. The van der Waals surface area contributed by atoms with E-state index in [1.54, 1.807) is 17.6 Å². The molecule has 2 heterocycles. The van der Waals surface area contributed by atoms with Crippen LogP contribution in [0.1, 0.15) is 17.2 Å². The Bertz CT molecular complexity index is 612. The van der Waals surface area contributed by atoms with Gasteiger partial charge in [0.2, 0.25) is 0 Å². The number of rotatable bonds is 5.